The second-order valence-corrected chi connectivity index (χ2v) is 5.15. The van der Waals surface area contributed by atoms with Crippen LogP contribution in [0.1, 0.15) is 23.2 Å². The van der Waals surface area contributed by atoms with Gasteiger partial charge in [-0.3, -0.25) is 0 Å². The van der Waals surface area contributed by atoms with Crippen molar-refractivity contribution in [3.63, 3.8) is 0 Å². The lowest BCUT2D eigenvalue weighted by Gasteiger charge is -2.11. The molecule has 2 aromatic rings. The number of alkyl halides is 3. The van der Waals surface area contributed by atoms with Crippen LogP contribution >= 0.6 is 11.6 Å². The van der Waals surface area contributed by atoms with Gasteiger partial charge in [-0.1, -0.05) is 11.6 Å². The van der Waals surface area contributed by atoms with Crippen molar-refractivity contribution in [1.29, 1.82) is 0 Å². The van der Waals surface area contributed by atoms with Crippen LogP contribution < -0.4 is 5.73 Å². The Morgan fingerprint density at radius 2 is 2.00 bits per heavy atom. The fraction of sp³-hybridized carbons (Fsp3) is 0.308. The second-order valence-electron chi connectivity index (χ2n) is 4.74. The summed E-state index contributed by atoms with van der Waals surface area (Å²) < 4.78 is 39.4. The van der Waals surface area contributed by atoms with Crippen molar-refractivity contribution < 1.29 is 13.2 Å². The van der Waals surface area contributed by atoms with Crippen molar-refractivity contribution in [2.45, 2.75) is 25.4 Å². The summed E-state index contributed by atoms with van der Waals surface area (Å²) in [5, 5.41) is 4.20. The van der Waals surface area contributed by atoms with Gasteiger partial charge in [0.1, 0.15) is 5.82 Å². The van der Waals surface area contributed by atoms with Crippen LogP contribution in [0.5, 0.6) is 0 Å². The van der Waals surface area contributed by atoms with Gasteiger partial charge in [-0.15, -0.1) is 0 Å². The number of hydrogen-bond acceptors (Lipinski definition) is 2. The first-order valence-corrected chi connectivity index (χ1v) is 6.49. The molecule has 0 atom stereocenters. The minimum atomic E-state index is -4.41. The summed E-state index contributed by atoms with van der Waals surface area (Å²) in [5.41, 5.74) is 7.38. The maximum absolute atomic E-state index is 12.6. The monoisotopic (exact) mass is 301 g/mol. The lowest BCUT2D eigenvalue weighted by atomic mass is 10.2. The van der Waals surface area contributed by atoms with Gasteiger partial charge in [0.15, 0.2) is 0 Å². The number of nitrogens with two attached hydrogens (primary N) is 1. The Morgan fingerprint density at radius 3 is 2.65 bits per heavy atom. The predicted molar refractivity (Wildman–Crippen MR) is 70.0 cm³/mol. The zero-order valence-electron chi connectivity index (χ0n) is 10.3. The van der Waals surface area contributed by atoms with Gasteiger partial charge in [-0.25, -0.2) is 4.68 Å². The average molecular weight is 302 g/mol. The Labute approximate surface area is 118 Å². The third-order valence-electron chi connectivity index (χ3n) is 3.46. The minimum absolute atomic E-state index is 0.0111. The summed E-state index contributed by atoms with van der Waals surface area (Å²) in [6.07, 6.45) is -1.79. The Morgan fingerprint density at radius 1 is 1.25 bits per heavy atom. The molecule has 1 heterocycles. The number of benzene rings is 1. The van der Waals surface area contributed by atoms with E-state index in [1.807, 2.05) is 0 Å². The van der Waals surface area contributed by atoms with Gasteiger partial charge in [0.25, 0.3) is 0 Å². The first-order chi connectivity index (χ1) is 9.38. The summed E-state index contributed by atoms with van der Waals surface area (Å²) >= 11 is 5.98. The highest BCUT2D eigenvalue weighted by Crippen LogP contribution is 2.35. The van der Waals surface area contributed by atoms with E-state index in [9.17, 15) is 13.2 Å². The van der Waals surface area contributed by atoms with Crippen molar-refractivity contribution in [3.8, 4) is 5.69 Å². The van der Waals surface area contributed by atoms with Crippen LogP contribution in [0, 0.1) is 0 Å². The summed E-state index contributed by atoms with van der Waals surface area (Å²) in [6, 6.07) is 3.24. The van der Waals surface area contributed by atoms with E-state index in [1.54, 1.807) is 4.68 Å². The zero-order valence-corrected chi connectivity index (χ0v) is 11.1. The number of fused-ring (bicyclic) bond motifs is 1. The zero-order chi connectivity index (χ0) is 14.5. The molecule has 0 saturated heterocycles. The maximum Gasteiger partial charge on any atom is 0.416 e. The highest BCUT2D eigenvalue weighted by Gasteiger charge is 2.31. The number of halogens is 4. The molecule has 0 radical (unpaired) electrons. The molecule has 0 bridgehead atoms. The van der Waals surface area contributed by atoms with Gasteiger partial charge in [0.05, 0.1) is 16.3 Å². The van der Waals surface area contributed by atoms with Gasteiger partial charge in [-0.05, 0) is 37.5 Å². The second kappa shape index (κ2) is 4.41. The smallest absolute Gasteiger partial charge is 0.382 e. The predicted octanol–water partition coefficient (Wildman–Crippen LogP) is 3.62. The highest BCUT2D eigenvalue weighted by molar-refractivity contribution is 6.32. The van der Waals surface area contributed by atoms with E-state index in [4.69, 9.17) is 17.3 Å². The quantitative estimate of drug-likeness (QED) is 0.874. The molecule has 0 unspecified atom stereocenters. The third-order valence-corrected chi connectivity index (χ3v) is 3.77. The summed E-state index contributed by atoms with van der Waals surface area (Å²) in [5.74, 6) is 0.425. The van der Waals surface area contributed by atoms with Crippen LogP contribution in [0.2, 0.25) is 5.02 Å². The lowest BCUT2D eigenvalue weighted by Crippen LogP contribution is -2.07. The van der Waals surface area contributed by atoms with E-state index in [-0.39, 0.29) is 5.02 Å². The number of hydrogen-bond donors (Lipinski definition) is 1. The molecule has 1 aliphatic carbocycles. The SMILES string of the molecule is Nc1nn(-c2ccc(C(F)(F)F)cc2Cl)c2c1CCC2. The summed E-state index contributed by atoms with van der Waals surface area (Å²) in [6.45, 7) is 0. The van der Waals surface area contributed by atoms with Crippen molar-refractivity contribution in [2.75, 3.05) is 5.73 Å². The van der Waals surface area contributed by atoms with E-state index >= 15 is 0 Å². The number of aromatic nitrogens is 2. The van der Waals surface area contributed by atoms with E-state index in [2.05, 4.69) is 5.10 Å². The maximum atomic E-state index is 12.6. The molecular formula is C13H11ClF3N3. The van der Waals surface area contributed by atoms with Gasteiger partial charge in [-0.2, -0.15) is 18.3 Å². The van der Waals surface area contributed by atoms with Crippen LogP contribution in [-0.4, -0.2) is 9.78 Å². The van der Waals surface area contributed by atoms with Gasteiger partial charge < -0.3 is 5.73 Å². The molecule has 1 aromatic carbocycles. The van der Waals surface area contributed by atoms with Crippen LogP contribution in [-0.2, 0) is 19.0 Å². The highest BCUT2D eigenvalue weighted by atomic mass is 35.5. The van der Waals surface area contributed by atoms with Gasteiger partial charge >= 0.3 is 6.18 Å². The van der Waals surface area contributed by atoms with Gasteiger partial charge in [0.2, 0.25) is 0 Å². The first-order valence-electron chi connectivity index (χ1n) is 6.11. The van der Waals surface area contributed by atoms with Crippen molar-refractivity contribution in [3.05, 3.63) is 40.0 Å². The fourth-order valence-corrected chi connectivity index (χ4v) is 2.78. The van der Waals surface area contributed by atoms with Crippen LogP contribution in [0.25, 0.3) is 5.69 Å². The normalized spacial score (nSPS) is 14.6. The Balaban J connectivity index is 2.10. The van der Waals surface area contributed by atoms with Gasteiger partial charge in [0, 0.05) is 11.3 Å². The Hall–Kier alpha value is -1.69. The van der Waals surface area contributed by atoms with Crippen molar-refractivity contribution in [1.82, 2.24) is 9.78 Å². The topological polar surface area (TPSA) is 43.8 Å². The molecule has 2 N–H and O–H groups in total. The van der Waals surface area contributed by atoms with E-state index in [1.165, 1.54) is 6.07 Å². The Kier molecular flexibility index (Phi) is 2.93. The summed E-state index contributed by atoms with van der Waals surface area (Å²) in [7, 11) is 0. The number of anilines is 1. The molecule has 0 aliphatic heterocycles. The number of nitrogen functional groups attached to an aromatic ring is 1. The first kappa shape index (κ1) is 13.3. The van der Waals surface area contributed by atoms with Crippen molar-refractivity contribution >= 4 is 17.4 Å². The molecule has 0 amide bonds. The molecule has 106 valence electrons. The average Bonchev–Trinajstić information content (AvgIpc) is 2.93. The van der Waals surface area contributed by atoms with E-state index in [0.717, 1.165) is 42.7 Å². The fourth-order valence-electron chi connectivity index (χ4n) is 2.52. The molecule has 20 heavy (non-hydrogen) atoms. The molecule has 1 aromatic heterocycles. The number of nitrogens with zero attached hydrogens (tertiary/aromatic N) is 2. The largest absolute Gasteiger partial charge is 0.416 e. The minimum Gasteiger partial charge on any atom is -0.382 e. The molecule has 0 fully saturated rings. The molecular weight excluding hydrogens is 291 g/mol. The van der Waals surface area contributed by atoms with Crippen LogP contribution in [0.15, 0.2) is 18.2 Å². The molecule has 0 saturated carbocycles. The van der Waals surface area contributed by atoms with Crippen LogP contribution in [0.4, 0.5) is 19.0 Å². The Bertz CT molecular complexity index is 676. The summed E-state index contributed by atoms with van der Waals surface area (Å²) in [4.78, 5) is 0. The van der Waals surface area contributed by atoms with Crippen molar-refractivity contribution in [2.24, 2.45) is 0 Å². The molecule has 0 spiro atoms. The van der Waals surface area contributed by atoms with E-state index < -0.39 is 11.7 Å². The molecule has 7 heteroatoms. The number of rotatable bonds is 1. The lowest BCUT2D eigenvalue weighted by molar-refractivity contribution is -0.137. The third kappa shape index (κ3) is 2.04. The molecule has 3 rings (SSSR count). The standard InChI is InChI=1S/C13H11ClF3N3/c14-9-6-7(13(15,16)17)4-5-11(9)20-10-3-1-2-8(10)12(18)19-20/h4-6H,1-3H2,(H2,18,19). The van der Waals surface area contributed by atoms with E-state index in [0.29, 0.717) is 11.5 Å². The molecule has 1 aliphatic rings. The van der Waals surface area contributed by atoms with Crippen LogP contribution in [0.3, 0.4) is 0 Å². The molecule has 3 nitrogen and oxygen atoms in total.